The molecule has 2 atom stereocenters. The second-order valence-electron chi connectivity index (χ2n) is 24.5. The second-order valence-corrected chi connectivity index (χ2v) is 27.2. The fraction of sp³-hybridized carbons (Fsp3) is 0.435. The van der Waals surface area contributed by atoms with Crippen LogP contribution in [0.1, 0.15) is 114 Å². The molecular formula is C62H69N10O11S2. The van der Waals surface area contributed by atoms with Gasteiger partial charge in [-0.1, -0.05) is 67.6 Å². The van der Waals surface area contributed by atoms with E-state index >= 15 is 0 Å². The lowest BCUT2D eigenvalue weighted by atomic mass is 9.39. The van der Waals surface area contributed by atoms with Gasteiger partial charge in [-0.3, -0.25) is 34.1 Å². The third-order valence-electron chi connectivity index (χ3n) is 17.4. The van der Waals surface area contributed by atoms with Crippen molar-refractivity contribution in [3.8, 4) is 11.1 Å². The third kappa shape index (κ3) is 13.2. The number of carbonyl (C=O) groups excluding carboxylic acids is 5. The van der Waals surface area contributed by atoms with Crippen LogP contribution in [0.5, 0.6) is 0 Å². The summed E-state index contributed by atoms with van der Waals surface area (Å²) in [5.74, 6) is -2.83. The predicted octanol–water partition coefficient (Wildman–Crippen LogP) is 7.60. The van der Waals surface area contributed by atoms with Gasteiger partial charge in [0.15, 0.2) is 10.8 Å². The summed E-state index contributed by atoms with van der Waals surface area (Å²) in [6, 6.07) is 25.8. The zero-order chi connectivity index (χ0) is 59.9. The lowest BCUT2D eigenvalue weighted by molar-refractivity contribution is -0.248. The number of aryl methyl sites for hydroxylation is 1. The van der Waals surface area contributed by atoms with E-state index in [2.05, 4.69) is 35.5 Å². The molecule has 445 valence electrons. The number of sulfonamides is 1. The number of carbonyl (C=O) groups is 6. The highest BCUT2D eigenvalue weighted by atomic mass is 32.2. The first-order valence-corrected chi connectivity index (χ1v) is 31.2. The number of pyridine rings is 1. The minimum absolute atomic E-state index is 0.0478. The maximum absolute atomic E-state index is 13.8. The molecule has 3 aromatic heterocycles. The van der Waals surface area contributed by atoms with E-state index in [1.165, 1.54) is 16.2 Å². The van der Waals surface area contributed by atoms with Crippen molar-refractivity contribution in [1.29, 1.82) is 0 Å². The molecule has 12 rings (SSSR count). The number of primary sulfonamides is 1. The number of unbranched alkanes of at least 4 members (excludes halogenated alkanes) is 1. The van der Waals surface area contributed by atoms with E-state index in [1.807, 2.05) is 71.1 Å². The second kappa shape index (κ2) is 23.5. The molecule has 85 heavy (non-hydrogen) atoms. The zero-order valence-electron chi connectivity index (χ0n) is 47.9. The van der Waals surface area contributed by atoms with Crippen LogP contribution in [-0.4, -0.2) is 129 Å². The van der Waals surface area contributed by atoms with E-state index in [0.717, 1.165) is 94.6 Å². The molecule has 4 saturated carbocycles. The van der Waals surface area contributed by atoms with Gasteiger partial charge in [0, 0.05) is 73.8 Å². The standard InChI is InChI=1S/C62H69N10O11S2/c1-40-46(44-18-19-50(67-54(44)56(77)78)70-24-22-43-10-8-11-45(47(43)30-70)55(76)68-57-66-48-12-4-5-13-49(48)84-57)29-65-72(40)39-61-34-59(2)33-60(3,35-61)37-62(36-59,38-61)83-27-25-69(26-28-85(63,80)81)58(79)82-32-42-16-14-41(15-17-42)9-6-7-23-64-51(73)31-71-52(74)20-21-53(71)75/h4-5,8,10-16,18-21,29H,6-7,9,22-28,30-39H2,1-3H3,(H,64,73)(H,77,78)(H2,63,80,81)(H,66,68,76). The minimum atomic E-state index is -3.92. The van der Waals surface area contributed by atoms with Gasteiger partial charge in [0.25, 0.3) is 17.7 Å². The van der Waals surface area contributed by atoms with Crippen LogP contribution < -0.4 is 20.7 Å². The van der Waals surface area contributed by atoms with Gasteiger partial charge in [-0.15, -0.1) is 0 Å². The van der Waals surface area contributed by atoms with Gasteiger partial charge in [0.2, 0.25) is 15.9 Å². The number of fused-ring (bicyclic) bond motifs is 2. The summed E-state index contributed by atoms with van der Waals surface area (Å²) in [5, 5.41) is 27.3. The predicted molar refractivity (Wildman–Crippen MR) is 318 cm³/mol. The Morgan fingerprint density at radius 1 is 0.894 bits per heavy atom. The normalized spacial score (nSPS) is 22.3. The van der Waals surface area contributed by atoms with E-state index in [4.69, 9.17) is 24.7 Å². The number of aromatic carboxylic acids is 1. The van der Waals surface area contributed by atoms with Crippen molar-refractivity contribution >= 4 is 78.2 Å². The number of benzene rings is 3. The molecule has 0 saturated heterocycles. The maximum Gasteiger partial charge on any atom is 0.410 e. The number of hydrogen-bond donors (Lipinski definition) is 4. The summed E-state index contributed by atoms with van der Waals surface area (Å²) in [6.45, 7) is 8.14. The van der Waals surface area contributed by atoms with Gasteiger partial charge >= 0.3 is 12.1 Å². The lowest BCUT2D eigenvalue weighted by Gasteiger charge is -2.69. The van der Waals surface area contributed by atoms with Crippen molar-refractivity contribution in [2.45, 2.75) is 110 Å². The number of anilines is 2. The molecule has 0 spiro atoms. The van der Waals surface area contributed by atoms with E-state index < -0.39 is 51.2 Å². The van der Waals surface area contributed by atoms with Gasteiger partial charge in [0.05, 0.1) is 34.4 Å². The molecule has 4 aliphatic carbocycles. The van der Waals surface area contributed by atoms with Crippen LogP contribution in [-0.2, 0) is 66.4 Å². The van der Waals surface area contributed by atoms with Crippen LogP contribution in [0.4, 0.5) is 15.7 Å². The first-order chi connectivity index (χ1) is 40.5. The van der Waals surface area contributed by atoms with Crippen molar-refractivity contribution in [2.24, 2.45) is 21.4 Å². The van der Waals surface area contributed by atoms with Crippen molar-refractivity contribution in [1.82, 2.24) is 34.9 Å². The highest BCUT2D eigenvalue weighted by molar-refractivity contribution is 7.89. The number of amides is 5. The van der Waals surface area contributed by atoms with Gasteiger partial charge < -0.3 is 29.7 Å². The van der Waals surface area contributed by atoms with Crippen molar-refractivity contribution in [2.75, 3.05) is 55.3 Å². The third-order valence-corrected chi connectivity index (χ3v) is 19.1. The monoisotopic (exact) mass is 1190 g/mol. The number of carboxylic acid groups (broad SMARTS) is 1. The number of para-hydroxylation sites is 1. The lowest BCUT2D eigenvalue weighted by Crippen LogP contribution is -2.64. The van der Waals surface area contributed by atoms with Crippen LogP contribution >= 0.6 is 11.3 Å². The number of ether oxygens (including phenoxy) is 2. The molecule has 6 aliphatic rings. The molecule has 23 heteroatoms. The summed E-state index contributed by atoms with van der Waals surface area (Å²) in [4.78, 5) is 89.8. The molecule has 5 heterocycles. The average molecular weight is 1190 g/mol. The Hall–Kier alpha value is -7.86. The number of nitrogens with two attached hydrogens (primary N) is 1. The van der Waals surface area contributed by atoms with Gasteiger partial charge in [-0.2, -0.15) is 5.10 Å². The van der Waals surface area contributed by atoms with E-state index in [1.54, 1.807) is 24.4 Å². The number of carboxylic acids is 1. The topological polar surface area (TPSA) is 279 Å². The Labute approximate surface area is 497 Å². The Balaban J connectivity index is 0.713. The SMILES string of the molecule is Cc1c(-c2ccc(N3CCc4cccc(C(=O)Nc5nc6ccccc6s5)c4C3)nc2C(=O)O)cnn1CC12CC3(C)CC(C)(C1)CC(OCCN(CCS(N)(=O)=O)C(=O)OCc1[c]cc(CCCCNC(=O)CN4C(=O)C=CC4=O)cc1)(C3)C2. The molecule has 2 aliphatic heterocycles. The minimum Gasteiger partial charge on any atom is -0.476 e. The Kier molecular flexibility index (Phi) is 16.3. The summed E-state index contributed by atoms with van der Waals surface area (Å²) in [6.07, 6.45) is 11.4. The molecule has 4 fully saturated rings. The Morgan fingerprint density at radius 3 is 2.40 bits per heavy atom. The molecule has 6 aromatic rings. The molecule has 4 bridgehead atoms. The summed E-state index contributed by atoms with van der Waals surface area (Å²) in [7, 11) is -3.92. The average Bonchev–Trinajstić information content (AvgIpc) is 1.37. The quantitative estimate of drug-likeness (QED) is 0.0355. The number of aromatic nitrogens is 4. The molecular weight excluding hydrogens is 1120 g/mol. The number of nitrogens with one attached hydrogen (secondary N) is 2. The molecule has 1 radical (unpaired) electrons. The highest BCUT2D eigenvalue weighted by Crippen LogP contribution is 2.72. The maximum atomic E-state index is 13.8. The largest absolute Gasteiger partial charge is 0.476 e. The molecule has 3 aromatic carbocycles. The molecule has 21 nitrogen and oxygen atoms in total. The number of hydrogen-bond acceptors (Lipinski definition) is 15. The summed E-state index contributed by atoms with van der Waals surface area (Å²) < 4.78 is 40.0. The van der Waals surface area contributed by atoms with Crippen LogP contribution in [0.2, 0.25) is 0 Å². The fourth-order valence-electron chi connectivity index (χ4n) is 14.8. The highest BCUT2D eigenvalue weighted by Gasteiger charge is 2.66. The van der Waals surface area contributed by atoms with Crippen LogP contribution in [0.25, 0.3) is 21.3 Å². The van der Waals surface area contributed by atoms with Crippen molar-refractivity contribution in [3.05, 3.63) is 136 Å². The van der Waals surface area contributed by atoms with E-state index in [-0.39, 0.29) is 60.7 Å². The first kappa shape index (κ1) is 58.9. The van der Waals surface area contributed by atoms with Crippen molar-refractivity contribution in [3.63, 3.8) is 0 Å². The zero-order valence-corrected chi connectivity index (χ0v) is 49.5. The summed E-state index contributed by atoms with van der Waals surface area (Å²) >= 11 is 1.41. The van der Waals surface area contributed by atoms with Gasteiger partial charge in [-0.25, -0.2) is 33.1 Å². The molecule has 2 unspecified atom stereocenters. The molecule has 5 amide bonds. The smallest absolute Gasteiger partial charge is 0.410 e. The fourth-order valence-corrected chi connectivity index (χ4v) is 16.1. The van der Waals surface area contributed by atoms with Gasteiger partial charge in [0.1, 0.15) is 19.0 Å². The van der Waals surface area contributed by atoms with Crippen molar-refractivity contribution < 1.29 is 51.8 Å². The number of imide groups is 1. The Bertz CT molecular complexity index is 3700. The molecule has 5 N–H and O–H groups in total. The van der Waals surface area contributed by atoms with Gasteiger partial charge in [-0.05, 0) is 146 Å². The van der Waals surface area contributed by atoms with E-state index in [9.17, 15) is 42.3 Å². The number of thiazole rings is 1. The summed E-state index contributed by atoms with van der Waals surface area (Å²) in [5.41, 5.74) is 5.86. The first-order valence-electron chi connectivity index (χ1n) is 28.7. The number of rotatable bonds is 23. The number of nitrogens with zero attached hydrogens (tertiary/aromatic N) is 7. The van der Waals surface area contributed by atoms with Crippen LogP contribution in [0.15, 0.2) is 91.1 Å². The van der Waals surface area contributed by atoms with Crippen LogP contribution in [0, 0.1) is 29.2 Å². The van der Waals surface area contributed by atoms with Crippen LogP contribution in [0.3, 0.4) is 0 Å². The van der Waals surface area contributed by atoms with E-state index in [0.29, 0.717) is 78.6 Å². The Morgan fingerprint density at radius 2 is 1.67 bits per heavy atom.